The predicted molar refractivity (Wildman–Crippen MR) is 176 cm³/mol. The number of benzene rings is 1. The highest BCUT2D eigenvalue weighted by Crippen LogP contribution is 2.66. The number of likely N-dealkylation sites (tertiary alicyclic amines) is 1. The molecule has 3 heterocycles. The number of amides is 3. The zero-order valence-electron chi connectivity index (χ0n) is 28.4. The van der Waals surface area contributed by atoms with Gasteiger partial charge >= 0.3 is 0 Å². The van der Waals surface area contributed by atoms with Gasteiger partial charge in [-0.1, -0.05) is 39.3 Å². The average molecular weight is 624 g/mol. The summed E-state index contributed by atoms with van der Waals surface area (Å²) in [6.45, 7) is 24.3. The summed E-state index contributed by atoms with van der Waals surface area (Å²) in [5.74, 6) is -2.05. The Bertz CT molecular complexity index is 1290. The van der Waals surface area contributed by atoms with E-state index in [-0.39, 0.29) is 49.3 Å². The Hall–Kier alpha value is -3.17. The molecule has 0 aliphatic carbocycles. The second-order valence-corrected chi connectivity index (χ2v) is 14.2. The third-order valence-electron chi connectivity index (χ3n) is 10.5. The highest BCUT2D eigenvalue weighted by atomic mass is 16.5. The Labute approximate surface area is 269 Å². The van der Waals surface area contributed by atoms with E-state index in [1.54, 1.807) is 26.9 Å². The summed E-state index contributed by atoms with van der Waals surface area (Å²) in [5, 5.41) is 10.7. The van der Waals surface area contributed by atoms with Crippen LogP contribution in [0.4, 0.5) is 5.69 Å². The second-order valence-electron chi connectivity index (χ2n) is 14.2. The van der Waals surface area contributed by atoms with Crippen molar-refractivity contribution in [2.75, 3.05) is 31.2 Å². The largest absolute Gasteiger partial charge is 0.494 e. The van der Waals surface area contributed by atoms with Crippen molar-refractivity contribution in [3.63, 3.8) is 0 Å². The number of ether oxygens (including phenoxy) is 2. The van der Waals surface area contributed by atoms with Crippen LogP contribution < -0.4 is 9.64 Å². The number of aliphatic hydroxyl groups excluding tert-OH is 1. The molecule has 3 unspecified atom stereocenters. The summed E-state index contributed by atoms with van der Waals surface area (Å²) in [7, 11) is 0. The van der Waals surface area contributed by atoms with Crippen molar-refractivity contribution in [2.24, 2.45) is 23.7 Å². The van der Waals surface area contributed by atoms with Gasteiger partial charge < -0.3 is 29.3 Å². The maximum absolute atomic E-state index is 14.9. The molecule has 8 atom stereocenters. The standard InChI is InChI=1S/C36H53N3O6/c1-11-19-37(25-15-17-26(18-16-25)44-14-4)31(41)28-29-32(42)39(27(22-40)23(5)13-3)30(33(43)38(20-12-2)34(7,8)9)36(29)21-24(6)35(28,10)45-36/h11-12,15-18,23-24,27-30,40H,1-2,13-14,19-22H2,3-10H3/t23-,24?,27-,28+,29-,30?,35-,36?/m0/s1. The molecular weight excluding hydrogens is 570 g/mol. The molecule has 1 spiro atoms. The van der Waals surface area contributed by atoms with E-state index in [2.05, 4.69) is 13.2 Å². The average Bonchev–Trinajstić information content (AvgIpc) is 3.51. The molecule has 1 aromatic carbocycles. The number of nitrogens with zero attached hydrogens (tertiary/aromatic N) is 3. The quantitative estimate of drug-likeness (QED) is 0.316. The minimum atomic E-state index is -1.23. The Morgan fingerprint density at radius 2 is 1.78 bits per heavy atom. The molecule has 1 aromatic rings. The third-order valence-corrected chi connectivity index (χ3v) is 10.5. The summed E-state index contributed by atoms with van der Waals surface area (Å²) in [4.78, 5) is 49.5. The molecule has 248 valence electrons. The topological polar surface area (TPSA) is 99.6 Å². The van der Waals surface area contributed by atoms with Crippen LogP contribution in [0.1, 0.15) is 68.2 Å². The van der Waals surface area contributed by atoms with Crippen molar-refractivity contribution < 1.29 is 29.0 Å². The van der Waals surface area contributed by atoms with E-state index in [9.17, 15) is 19.5 Å². The van der Waals surface area contributed by atoms with Crippen LogP contribution in [0.5, 0.6) is 5.75 Å². The van der Waals surface area contributed by atoms with Gasteiger partial charge in [0.05, 0.1) is 36.7 Å². The van der Waals surface area contributed by atoms with Crippen molar-refractivity contribution in [1.82, 2.24) is 9.80 Å². The second kappa shape index (κ2) is 12.9. The predicted octanol–water partition coefficient (Wildman–Crippen LogP) is 4.84. The zero-order valence-corrected chi connectivity index (χ0v) is 28.4. The van der Waals surface area contributed by atoms with Crippen LogP contribution >= 0.6 is 0 Å². The first kappa shape index (κ1) is 34.7. The van der Waals surface area contributed by atoms with Crippen LogP contribution in [0.25, 0.3) is 0 Å². The van der Waals surface area contributed by atoms with E-state index in [1.807, 2.05) is 79.7 Å². The monoisotopic (exact) mass is 623 g/mol. The minimum absolute atomic E-state index is 0.0903. The van der Waals surface area contributed by atoms with Gasteiger partial charge in [0.1, 0.15) is 17.4 Å². The number of rotatable bonds is 13. The number of aliphatic hydroxyl groups is 1. The molecule has 4 rings (SSSR count). The summed E-state index contributed by atoms with van der Waals surface area (Å²) < 4.78 is 12.6. The van der Waals surface area contributed by atoms with Gasteiger partial charge in [0.25, 0.3) is 0 Å². The van der Waals surface area contributed by atoms with Crippen molar-refractivity contribution in [3.05, 3.63) is 49.6 Å². The molecule has 3 saturated heterocycles. The Morgan fingerprint density at radius 1 is 1.16 bits per heavy atom. The normalized spacial score (nSPS) is 30.1. The first-order chi connectivity index (χ1) is 21.2. The Kier molecular flexibility index (Phi) is 9.96. The maximum Gasteiger partial charge on any atom is 0.249 e. The Balaban J connectivity index is 1.88. The number of carbonyl (C=O) groups is 3. The molecule has 3 aliphatic rings. The Morgan fingerprint density at radius 3 is 2.29 bits per heavy atom. The van der Waals surface area contributed by atoms with E-state index < -0.39 is 40.7 Å². The summed E-state index contributed by atoms with van der Waals surface area (Å²) in [5.41, 5.74) is -2.13. The van der Waals surface area contributed by atoms with E-state index in [0.717, 1.165) is 0 Å². The highest BCUT2D eigenvalue weighted by Gasteiger charge is 2.80. The van der Waals surface area contributed by atoms with Gasteiger partial charge in [-0.3, -0.25) is 14.4 Å². The molecule has 3 amide bonds. The van der Waals surface area contributed by atoms with Crippen LogP contribution in [0.3, 0.4) is 0 Å². The molecule has 3 aliphatic heterocycles. The molecule has 0 radical (unpaired) electrons. The van der Waals surface area contributed by atoms with E-state index in [1.165, 1.54) is 0 Å². The molecule has 9 heteroatoms. The molecule has 3 fully saturated rings. The van der Waals surface area contributed by atoms with Gasteiger partial charge in [0.15, 0.2) is 0 Å². The summed E-state index contributed by atoms with van der Waals surface area (Å²) >= 11 is 0. The first-order valence-corrected chi connectivity index (χ1v) is 16.4. The SMILES string of the molecule is C=CCN(C(=O)[C@H]1[C@H]2C(=O)N([C@@H](CO)[C@@H](C)CC)C(C(=O)N(CC=C)C(C)(C)C)C23CC(C)[C@]1(C)O3)c1ccc(OCC)cc1. The summed E-state index contributed by atoms with van der Waals surface area (Å²) in [6, 6.07) is 5.69. The van der Waals surface area contributed by atoms with Crippen molar-refractivity contribution >= 4 is 23.4 Å². The molecule has 9 nitrogen and oxygen atoms in total. The molecule has 0 saturated carbocycles. The fourth-order valence-electron chi connectivity index (χ4n) is 7.98. The number of fused-ring (bicyclic) bond motifs is 1. The van der Waals surface area contributed by atoms with Gasteiger partial charge in [-0.2, -0.15) is 0 Å². The van der Waals surface area contributed by atoms with Gasteiger partial charge in [0, 0.05) is 24.3 Å². The summed E-state index contributed by atoms with van der Waals surface area (Å²) in [6.07, 6.45) is 4.50. The lowest BCUT2D eigenvalue weighted by atomic mass is 9.62. The van der Waals surface area contributed by atoms with Crippen LogP contribution in [0.15, 0.2) is 49.6 Å². The van der Waals surface area contributed by atoms with Crippen LogP contribution in [-0.4, -0.2) is 87.8 Å². The molecule has 45 heavy (non-hydrogen) atoms. The minimum Gasteiger partial charge on any atom is -0.494 e. The van der Waals surface area contributed by atoms with Gasteiger partial charge in [-0.15, -0.1) is 13.2 Å². The molecule has 0 aromatic heterocycles. The van der Waals surface area contributed by atoms with E-state index >= 15 is 0 Å². The highest BCUT2D eigenvalue weighted by molar-refractivity contribution is 6.03. The number of hydrogen-bond donors (Lipinski definition) is 1. The lowest BCUT2D eigenvalue weighted by molar-refractivity contribution is -0.159. The van der Waals surface area contributed by atoms with E-state index in [0.29, 0.717) is 30.9 Å². The lowest BCUT2D eigenvalue weighted by Crippen LogP contribution is -2.62. The number of carbonyl (C=O) groups excluding carboxylic acids is 3. The molecule has 1 N–H and O–H groups in total. The number of hydrogen-bond acceptors (Lipinski definition) is 6. The van der Waals surface area contributed by atoms with Crippen molar-refractivity contribution in [2.45, 2.75) is 97.1 Å². The van der Waals surface area contributed by atoms with Crippen LogP contribution in [-0.2, 0) is 19.1 Å². The lowest BCUT2D eigenvalue weighted by Gasteiger charge is -2.44. The van der Waals surface area contributed by atoms with E-state index in [4.69, 9.17) is 9.47 Å². The first-order valence-electron chi connectivity index (χ1n) is 16.4. The van der Waals surface area contributed by atoms with Crippen LogP contribution in [0.2, 0.25) is 0 Å². The van der Waals surface area contributed by atoms with Gasteiger partial charge in [-0.05, 0) is 77.1 Å². The fraction of sp³-hybridized carbons (Fsp3) is 0.639. The fourth-order valence-corrected chi connectivity index (χ4v) is 7.98. The van der Waals surface area contributed by atoms with Crippen LogP contribution in [0, 0.1) is 23.7 Å². The smallest absolute Gasteiger partial charge is 0.249 e. The van der Waals surface area contributed by atoms with Crippen molar-refractivity contribution in [1.29, 1.82) is 0 Å². The van der Waals surface area contributed by atoms with Gasteiger partial charge in [0.2, 0.25) is 17.7 Å². The zero-order chi connectivity index (χ0) is 33.5. The van der Waals surface area contributed by atoms with Gasteiger partial charge in [-0.25, -0.2) is 0 Å². The van der Waals surface area contributed by atoms with Crippen molar-refractivity contribution in [3.8, 4) is 5.75 Å². The third kappa shape index (κ3) is 5.60. The maximum atomic E-state index is 14.9. The number of anilines is 1. The molecule has 2 bridgehead atoms. The molecular formula is C36H53N3O6.